The zero-order chi connectivity index (χ0) is 16.3. The third-order valence-corrected chi connectivity index (χ3v) is 1.92. The number of nitrogens with zero attached hydrogens (tertiary/aromatic N) is 1. The molecule has 1 aromatic carbocycles. The minimum atomic E-state index is 0.233. The number of hydrogen-bond donors (Lipinski definition) is 1. The lowest BCUT2D eigenvalue weighted by atomic mass is 10.2. The lowest BCUT2D eigenvalue weighted by Gasteiger charge is -1.97. The van der Waals surface area contributed by atoms with Crippen molar-refractivity contribution in [1.82, 2.24) is 0 Å². The van der Waals surface area contributed by atoms with Crippen LogP contribution in [0.5, 0.6) is 5.75 Å². The summed E-state index contributed by atoms with van der Waals surface area (Å²) in [6.07, 6.45) is 3.16. The van der Waals surface area contributed by atoms with E-state index in [1.54, 1.807) is 13.2 Å². The van der Waals surface area contributed by atoms with Crippen LogP contribution >= 0.6 is 0 Å². The molecular formula is C17H24N2O2. The Morgan fingerprint density at radius 3 is 2.57 bits per heavy atom. The van der Waals surface area contributed by atoms with E-state index in [4.69, 9.17) is 15.9 Å². The summed E-state index contributed by atoms with van der Waals surface area (Å²) in [5.41, 5.74) is 0.886. The zero-order valence-corrected chi connectivity index (χ0v) is 13.1. The number of nitrogens with two attached hydrogens (primary N) is 1. The minimum Gasteiger partial charge on any atom is -0.497 e. The van der Waals surface area contributed by atoms with Crippen molar-refractivity contribution in [1.29, 1.82) is 5.26 Å². The lowest BCUT2D eigenvalue weighted by Crippen LogP contribution is -1.97. The fourth-order valence-electron chi connectivity index (χ4n) is 1.05. The Morgan fingerprint density at radius 2 is 2.10 bits per heavy atom. The second-order valence-electron chi connectivity index (χ2n) is 3.33. The van der Waals surface area contributed by atoms with Crippen molar-refractivity contribution in [3.8, 4) is 23.7 Å². The largest absolute Gasteiger partial charge is 0.497 e. The molecule has 1 aromatic rings. The molecule has 2 N–H and O–H groups in total. The van der Waals surface area contributed by atoms with Crippen LogP contribution in [0.15, 0.2) is 36.9 Å². The molecule has 0 amide bonds. The molecule has 0 heterocycles. The summed E-state index contributed by atoms with van der Waals surface area (Å²) in [7, 11) is 1.62. The molecule has 0 bridgehead atoms. The molecule has 0 atom stereocenters. The molecule has 0 saturated carbocycles. The van der Waals surface area contributed by atoms with Gasteiger partial charge in [-0.3, -0.25) is 4.84 Å². The van der Waals surface area contributed by atoms with E-state index < -0.39 is 0 Å². The van der Waals surface area contributed by atoms with Gasteiger partial charge in [0.1, 0.15) is 12.4 Å². The fourth-order valence-corrected chi connectivity index (χ4v) is 1.05. The maximum atomic E-state index is 7.90. The summed E-state index contributed by atoms with van der Waals surface area (Å²) in [5, 5.41) is 7.90. The molecule has 0 radical (unpaired) electrons. The van der Waals surface area contributed by atoms with Crippen molar-refractivity contribution < 1.29 is 9.57 Å². The van der Waals surface area contributed by atoms with Crippen LogP contribution in [0, 0.1) is 23.2 Å². The Labute approximate surface area is 128 Å². The Hall–Kier alpha value is -2.27. The van der Waals surface area contributed by atoms with Crippen LogP contribution in [0.25, 0.3) is 0 Å². The van der Waals surface area contributed by atoms with Crippen molar-refractivity contribution in [3.05, 3.63) is 42.5 Å². The van der Waals surface area contributed by atoms with Gasteiger partial charge in [0.05, 0.1) is 13.2 Å². The molecular weight excluding hydrogens is 264 g/mol. The molecule has 0 aromatic heterocycles. The van der Waals surface area contributed by atoms with Crippen molar-refractivity contribution in [2.24, 2.45) is 5.90 Å². The van der Waals surface area contributed by atoms with E-state index in [1.807, 2.05) is 44.2 Å². The summed E-state index contributed by atoms with van der Waals surface area (Å²) in [6, 6.07) is 9.49. The van der Waals surface area contributed by atoms with Gasteiger partial charge < -0.3 is 4.74 Å². The number of rotatable bonds is 4. The normalized spacial score (nSPS) is 7.57. The fraction of sp³-hybridized carbons (Fsp3) is 0.353. The molecule has 0 fully saturated rings. The molecule has 0 spiro atoms. The van der Waals surface area contributed by atoms with Crippen LogP contribution in [-0.2, 0) is 4.84 Å². The molecule has 0 aliphatic heterocycles. The number of benzene rings is 1. The smallest absolute Gasteiger partial charge is 0.129 e. The molecule has 0 aliphatic carbocycles. The second-order valence-corrected chi connectivity index (χ2v) is 3.33. The summed E-state index contributed by atoms with van der Waals surface area (Å²) >= 11 is 0. The van der Waals surface area contributed by atoms with E-state index in [1.165, 1.54) is 0 Å². The monoisotopic (exact) mass is 288 g/mol. The van der Waals surface area contributed by atoms with Gasteiger partial charge in [-0.2, -0.15) is 5.26 Å². The molecule has 4 nitrogen and oxygen atoms in total. The van der Waals surface area contributed by atoms with Crippen LogP contribution in [0.2, 0.25) is 0 Å². The number of allylic oxidation sites excluding steroid dienone is 1. The number of ether oxygens (including phenoxy) is 1. The van der Waals surface area contributed by atoms with Gasteiger partial charge in [-0.1, -0.05) is 37.8 Å². The van der Waals surface area contributed by atoms with Gasteiger partial charge in [0, 0.05) is 12.0 Å². The third-order valence-electron chi connectivity index (χ3n) is 1.92. The number of methoxy groups -OCH3 is 1. The molecule has 114 valence electrons. The van der Waals surface area contributed by atoms with Gasteiger partial charge in [-0.15, -0.1) is 6.58 Å². The highest BCUT2D eigenvalue weighted by Crippen LogP contribution is 2.10. The molecule has 0 saturated heterocycles. The maximum absolute atomic E-state index is 7.90. The topological polar surface area (TPSA) is 68.3 Å². The van der Waals surface area contributed by atoms with Gasteiger partial charge in [-0.25, -0.2) is 5.90 Å². The molecule has 4 heteroatoms. The Morgan fingerprint density at radius 1 is 1.38 bits per heavy atom. The van der Waals surface area contributed by atoms with Crippen molar-refractivity contribution >= 4 is 0 Å². The van der Waals surface area contributed by atoms with E-state index in [2.05, 4.69) is 23.3 Å². The molecule has 1 rings (SSSR count). The van der Waals surface area contributed by atoms with Gasteiger partial charge in [0.2, 0.25) is 0 Å². The Bertz CT molecular complexity index is 468. The Kier molecular flexibility index (Phi) is 17.8. The molecule has 21 heavy (non-hydrogen) atoms. The summed E-state index contributed by atoms with van der Waals surface area (Å²) in [6.45, 7) is 7.68. The van der Waals surface area contributed by atoms with E-state index >= 15 is 0 Å². The van der Waals surface area contributed by atoms with Crippen LogP contribution in [0.4, 0.5) is 0 Å². The second kappa shape index (κ2) is 17.7. The highest BCUT2D eigenvalue weighted by Gasteiger charge is 1.90. The van der Waals surface area contributed by atoms with Gasteiger partial charge in [0.25, 0.3) is 0 Å². The van der Waals surface area contributed by atoms with Gasteiger partial charge in [-0.05, 0) is 24.6 Å². The first-order valence-corrected chi connectivity index (χ1v) is 6.71. The Balaban J connectivity index is 0. The predicted octanol–water partition coefficient (Wildman–Crippen LogP) is 3.44. The highest BCUT2D eigenvalue weighted by molar-refractivity contribution is 5.39. The summed E-state index contributed by atoms with van der Waals surface area (Å²) in [5.74, 6) is 11.2. The van der Waals surface area contributed by atoms with Crippen molar-refractivity contribution in [2.75, 3.05) is 13.7 Å². The van der Waals surface area contributed by atoms with Crippen molar-refractivity contribution in [3.63, 3.8) is 0 Å². The minimum absolute atomic E-state index is 0.233. The van der Waals surface area contributed by atoms with Gasteiger partial charge in [0.15, 0.2) is 0 Å². The highest BCUT2D eigenvalue weighted by atomic mass is 16.6. The predicted molar refractivity (Wildman–Crippen MR) is 86.4 cm³/mol. The number of hydrogen-bond acceptors (Lipinski definition) is 4. The van der Waals surface area contributed by atoms with Crippen molar-refractivity contribution in [2.45, 2.75) is 26.7 Å². The first kappa shape index (κ1) is 21.0. The third kappa shape index (κ3) is 14.0. The lowest BCUT2D eigenvalue weighted by molar-refractivity contribution is 0.173. The maximum Gasteiger partial charge on any atom is 0.129 e. The van der Waals surface area contributed by atoms with Crippen LogP contribution < -0.4 is 10.6 Å². The first-order chi connectivity index (χ1) is 10.3. The molecule has 0 aliphatic rings. The number of unbranched alkanes of at least 4 members (excludes halogenated alkanes) is 1. The van der Waals surface area contributed by atoms with Crippen LogP contribution in [-0.4, -0.2) is 13.7 Å². The van der Waals surface area contributed by atoms with Crippen LogP contribution in [0.3, 0.4) is 0 Å². The van der Waals surface area contributed by atoms with Gasteiger partial charge >= 0.3 is 0 Å². The first-order valence-electron chi connectivity index (χ1n) is 6.71. The van der Waals surface area contributed by atoms with E-state index in [9.17, 15) is 0 Å². The summed E-state index contributed by atoms with van der Waals surface area (Å²) < 4.78 is 5.04. The van der Waals surface area contributed by atoms with E-state index in [0.29, 0.717) is 6.42 Å². The summed E-state index contributed by atoms with van der Waals surface area (Å²) in [4.78, 5) is 4.32. The quantitative estimate of drug-likeness (QED) is 0.399. The van der Waals surface area contributed by atoms with E-state index in [-0.39, 0.29) is 6.61 Å². The van der Waals surface area contributed by atoms with Crippen LogP contribution in [0.1, 0.15) is 32.3 Å². The van der Waals surface area contributed by atoms with E-state index in [0.717, 1.165) is 17.7 Å². The average Bonchev–Trinajstić information content (AvgIpc) is 2.56. The SMILES string of the molecule is C=CCCC#N.CC.COc1cccc(C#CCON)c1. The zero-order valence-electron chi connectivity index (χ0n) is 13.1. The standard InChI is InChI=1S/C10H11NO2.C5H7N.C2H6/c1-12-10-6-2-4-9(8-10)5-3-7-13-11;1-2-3-4-5-6;1-2/h2,4,6,8H,7,11H2,1H3;2H,1,3-4H2;1-2H3. The number of nitriles is 1. The molecule has 0 unspecified atom stereocenters. The average molecular weight is 288 g/mol.